The number of amides is 4. The lowest BCUT2D eigenvalue weighted by atomic mass is 9.96. The average Bonchev–Trinajstić information content (AvgIpc) is 3.34. The molecule has 1 aromatic rings. The summed E-state index contributed by atoms with van der Waals surface area (Å²) in [5.74, 6) is -0.485. The first-order valence-electron chi connectivity index (χ1n) is 8.01. The van der Waals surface area contributed by atoms with Crippen molar-refractivity contribution in [1.29, 1.82) is 0 Å². The first-order valence-corrected chi connectivity index (χ1v) is 8.80. The molecule has 2 fully saturated rings. The quantitative estimate of drug-likeness (QED) is 0.753. The molecular formula is C17H20BrN3O3. The lowest BCUT2D eigenvalue weighted by molar-refractivity contribution is -0.135. The molecule has 2 unspecified atom stereocenters. The molecule has 0 aromatic heterocycles. The maximum atomic E-state index is 12.5. The fraction of sp³-hybridized carbons (Fsp3) is 0.471. The van der Waals surface area contributed by atoms with E-state index in [1.165, 1.54) is 0 Å². The van der Waals surface area contributed by atoms with E-state index in [0.717, 1.165) is 27.8 Å². The normalized spacial score (nSPS) is 24.7. The third-order valence-corrected chi connectivity index (χ3v) is 5.47. The summed E-state index contributed by atoms with van der Waals surface area (Å²) >= 11 is 3.45. The number of hydrogen-bond acceptors (Lipinski definition) is 3. The van der Waals surface area contributed by atoms with Gasteiger partial charge in [-0.3, -0.25) is 14.5 Å². The van der Waals surface area contributed by atoms with E-state index < -0.39 is 11.6 Å². The van der Waals surface area contributed by atoms with Gasteiger partial charge >= 0.3 is 6.03 Å². The largest absolute Gasteiger partial charge is 0.348 e. The summed E-state index contributed by atoms with van der Waals surface area (Å²) in [6.07, 6.45) is 1.86. The van der Waals surface area contributed by atoms with Crippen LogP contribution in [0.4, 0.5) is 4.79 Å². The second-order valence-electron chi connectivity index (χ2n) is 6.61. The van der Waals surface area contributed by atoms with Crippen LogP contribution in [0.15, 0.2) is 28.7 Å². The molecule has 128 valence electrons. The van der Waals surface area contributed by atoms with E-state index >= 15 is 0 Å². The number of nitrogens with zero attached hydrogens (tertiary/aromatic N) is 1. The number of halogens is 1. The highest BCUT2D eigenvalue weighted by Crippen LogP contribution is 2.42. The van der Waals surface area contributed by atoms with Crippen molar-refractivity contribution in [2.75, 3.05) is 6.54 Å². The molecule has 24 heavy (non-hydrogen) atoms. The molecule has 2 aliphatic rings. The van der Waals surface area contributed by atoms with Crippen LogP contribution in [0, 0.1) is 5.92 Å². The van der Waals surface area contributed by atoms with Gasteiger partial charge in [-0.05, 0) is 44.2 Å². The summed E-state index contributed by atoms with van der Waals surface area (Å²) in [6.45, 7) is 3.34. The predicted molar refractivity (Wildman–Crippen MR) is 92.1 cm³/mol. The standard InChI is InChI=1S/C17H20BrN3O3/c1-10(12-5-3-4-6-13(12)18)19-14(22)9-21-15(23)17(2,11-7-8-11)20-16(21)24/h3-6,10-11H,7-9H2,1-2H3,(H,19,22)(H,20,24). The summed E-state index contributed by atoms with van der Waals surface area (Å²) in [6, 6.07) is 6.88. The molecule has 7 heteroatoms. The average molecular weight is 394 g/mol. The van der Waals surface area contributed by atoms with Gasteiger partial charge in [-0.2, -0.15) is 0 Å². The van der Waals surface area contributed by atoms with E-state index in [4.69, 9.17) is 0 Å². The number of nitrogens with one attached hydrogen (secondary N) is 2. The molecule has 1 saturated carbocycles. The van der Waals surface area contributed by atoms with Gasteiger partial charge in [-0.25, -0.2) is 4.79 Å². The van der Waals surface area contributed by atoms with Gasteiger partial charge in [-0.15, -0.1) is 0 Å². The number of carbonyl (C=O) groups is 3. The zero-order valence-electron chi connectivity index (χ0n) is 13.6. The minimum Gasteiger partial charge on any atom is -0.348 e. The van der Waals surface area contributed by atoms with Crippen LogP contribution in [0.25, 0.3) is 0 Å². The van der Waals surface area contributed by atoms with Gasteiger partial charge in [0, 0.05) is 4.47 Å². The van der Waals surface area contributed by atoms with Crippen LogP contribution in [0.5, 0.6) is 0 Å². The minimum absolute atomic E-state index is 0.182. The number of benzene rings is 1. The Hall–Kier alpha value is -1.89. The van der Waals surface area contributed by atoms with E-state index in [9.17, 15) is 14.4 Å². The maximum Gasteiger partial charge on any atom is 0.325 e. The highest BCUT2D eigenvalue weighted by Gasteiger charge is 2.56. The van der Waals surface area contributed by atoms with Gasteiger partial charge < -0.3 is 10.6 Å². The summed E-state index contributed by atoms with van der Waals surface area (Å²) in [7, 11) is 0. The minimum atomic E-state index is -0.856. The van der Waals surface area contributed by atoms with Crippen LogP contribution < -0.4 is 10.6 Å². The van der Waals surface area contributed by atoms with Crippen molar-refractivity contribution >= 4 is 33.8 Å². The smallest absolute Gasteiger partial charge is 0.325 e. The summed E-state index contributed by atoms with van der Waals surface area (Å²) in [5.41, 5.74) is 0.0803. The predicted octanol–water partition coefficient (Wildman–Crippen LogP) is 2.35. The van der Waals surface area contributed by atoms with E-state index in [0.29, 0.717) is 0 Å². The number of imide groups is 1. The van der Waals surface area contributed by atoms with E-state index in [1.807, 2.05) is 31.2 Å². The van der Waals surface area contributed by atoms with Crippen molar-refractivity contribution in [3.8, 4) is 0 Å². The Kier molecular flexibility index (Phi) is 4.38. The van der Waals surface area contributed by atoms with Gasteiger partial charge in [0.05, 0.1) is 6.04 Å². The molecule has 0 bridgehead atoms. The Morgan fingerprint density at radius 1 is 1.42 bits per heavy atom. The number of urea groups is 1. The van der Waals surface area contributed by atoms with Crippen LogP contribution in [0.3, 0.4) is 0 Å². The molecule has 2 N–H and O–H groups in total. The third-order valence-electron chi connectivity index (χ3n) is 4.75. The molecule has 6 nitrogen and oxygen atoms in total. The van der Waals surface area contributed by atoms with Crippen molar-refractivity contribution in [3.63, 3.8) is 0 Å². The van der Waals surface area contributed by atoms with Gasteiger partial charge in [0.15, 0.2) is 0 Å². The van der Waals surface area contributed by atoms with E-state index in [2.05, 4.69) is 26.6 Å². The Morgan fingerprint density at radius 2 is 2.08 bits per heavy atom. The zero-order chi connectivity index (χ0) is 17.5. The van der Waals surface area contributed by atoms with Crippen LogP contribution in [0.2, 0.25) is 0 Å². The van der Waals surface area contributed by atoms with Gasteiger partial charge in [0.25, 0.3) is 5.91 Å². The van der Waals surface area contributed by atoms with Crippen LogP contribution >= 0.6 is 15.9 Å². The Bertz CT molecular complexity index is 704. The molecule has 1 saturated heterocycles. The summed E-state index contributed by atoms with van der Waals surface area (Å²) in [5, 5.41) is 5.58. The zero-order valence-corrected chi connectivity index (χ0v) is 15.2. The maximum absolute atomic E-state index is 12.5. The van der Waals surface area contributed by atoms with Crippen LogP contribution in [0.1, 0.15) is 38.3 Å². The summed E-state index contributed by atoms with van der Waals surface area (Å²) < 4.78 is 0.897. The lowest BCUT2D eigenvalue weighted by Crippen LogP contribution is -2.47. The van der Waals surface area contributed by atoms with Gasteiger partial charge in [0.1, 0.15) is 12.1 Å². The monoisotopic (exact) mass is 393 g/mol. The molecular weight excluding hydrogens is 374 g/mol. The number of hydrogen-bond donors (Lipinski definition) is 2. The molecule has 0 spiro atoms. The summed E-state index contributed by atoms with van der Waals surface area (Å²) in [4.78, 5) is 37.9. The molecule has 0 radical (unpaired) electrons. The van der Waals surface area contributed by atoms with Crippen molar-refractivity contribution in [2.45, 2.75) is 38.3 Å². The Balaban J connectivity index is 1.64. The van der Waals surface area contributed by atoms with Crippen LogP contribution in [-0.2, 0) is 9.59 Å². The van der Waals surface area contributed by atoms with Crippen molar-refractivity contribution < 1.29 is 14.4 Å². The second-order valence-corrected chi connectivity index (χ2v) is 7.46. The fourth-order valence-corrected chi connectivity index (χ4v) is 3.76. The number of carbonyl (C=O) groups excluding carboxylic acids is 3. The van der Waals surface area contributed by atoms with Crippen LogP contribution in [-0.4, -0.2) is 34.8 Å². The highest BCUT2D eigenvalue weighted by atomic mass is 79.9. The molecule has 4 amide bonds. The van der Waals surface area contributed by atoms with E-state index in [-0.39, 0.29) is 30.3 Å². The molecule has 2 atom stereocenters. The molecule has 1 heterocycles. The van der Waals surface area contributed by atoms with Crippen molar-refractivity contribution in [2.24, 2.45) is 5.92 Å². The second kappa shape index (κ2) is 6.20. The van der Waals surface area contributed by atoms with E-state index in [1.54, 1.807) is 6.92 Å². The topological polar surface area (TPSA) is 78.5 Å². The molecule has 3 rings (SSSR count). The third kappa shape index (κ3) is 3.05. The Labute approximate surface area is 149 Å². The van der Waals surface area contributed by atoms with Gasteiger partial charge in [-0.1, -0.05) is 34.1 Å². The fourth-order valence-electron chi connectivity index (χ4n) is 3.13. The lowest BCUT2D eigenvalue weighted by Gasteiger charge is -2.21. The molecule has 1 aromatic carbocycles. The first kappa shape index (κ1) is 17.0. The highest BCUT2D eigenvalue weighted by molar-refractivity contribution is 9.10. The first-order chi connectivity index (χ1) is 11.3. The van der Waals surface area contributed by atoms with Gasteiger partial charge in [0.2, 0.25) is 5.91 Å². The van der Waals surface area contributed by atoms with Crippen molar-refractivity contribution in [1.82, 2.24) is 15.5 Å². The van der Waals surface area contributed by atoms with Crippen molar-refractivity contribution in [3.05, 3.63) is 34.3 Å². The number of rotatable bonds is 5. The molecule has 1 aliphatic heterocycles. The Morgan fingerprint density at radius 3 is 2.71 bits per heavy atom. The SMILES string of the molecule is CC(NC(=O)CN1C(=O)NC(C)(C2CC2)C1=O)c1ccccc1Br. The molecule has 1 aliphatic carbocycles.